The molecule has 15 heavy (non-hydrogen) atoms. The summed E-state index contributed by atoms with van der Waals surface area (Å²) in [6.07, 6.45) is 5.44. The molecule has 0 saturated carbocycles. The highest BCUT2D eigenvalue weighted by atomic mass is 79.9. The van der Waals surface area contributed by atoms with E-state index in [1.54, 1.807) is 17.1 Å². The number of halogens is 1. The van der Waals surface area contributed by atoms with Crippen molar-refractivity contribution in [3.63, 3.8) is 0 Å². The van der Waals surface area contributed by atoms with Gasteiger partial charge in [0, 0.05) is 19.4 Å². The monoisotopic (exact) mass is 266 g/mol. The predicted octanol–water partition coefficient (Wildman–Crippen LogP) is 2.63. The van der Waals surface area contributed by atoms with Gasteiger partial charge in [0.05, 0.1) is 16.4 Å². The first kappa shape index (κ1) is 10.2. The third kappa shape index (κ3) is 2.18. The topological polar surface area (TPSA) is 42.7 Å². The van der Waals surface area contributed by atoms with E-state index in [0.29, 0.717) is 0 Å². The first-order valence-electron chi connectivity index (χ1n) is 4.53. The molecule has 0 atom stereocenters. The minimum Gasteiger partial charge on any atom is -0.337 e. The van der Waals surface area contributed by atoms with E-state index in [2.05, 4.69) is 31.3 Å². The van der Waals surface area contributed by atoms with Gasteiger partial charge in [-0.15, -0.1) is 0 Å². The first-order valence-corrected chi connectivity index (χ1v) is 5.33. The van der Waals surface area contributed by atoms with Gasteiger partial charge in [0.25, 0.3) is 0 Å². The van der Waals surface area contributed by atoms with Crippen LogP contribution in [0.4, 0.5) is 11.5 Å². The van der Waals surface area contributed by atoms with Crippen LogP contribution in [-0.2, 0) is 7.05 Å². The van der Waals surface area contributed by atoms with Crippen LogP contribution in [0.1, 0.15) is 5.56 Å². The summed E-state index contributed by atoms with van der Waals surface area (Å²) in [6.45, 7) is 2.03. The Labute approximate surface area is 96.5 Å². The normalized spacial score (nSPS) is 10.3. The molecule has 4 nitrogen and oxygen atoms in total. The number of aromatic nitrogens is 3. The van der Waals surface area contributed by atoms with Crippen molar-refractivity contribution in [2.75, 3.05) is 5.32 Å². The van der Waals surface area contributed by atoms with Crippen LogP contribution < -0.4 is 5.32 Å². The van der Waals surface area contributed by atoms with E-state index in [0.717, 1.165) is 21.5 Å². The van der Waals surface area contributed by atoms with Crippen molar-refractivity contribution in [1.82, 2.24) is 14.8 Å². The average molecular weight is 267 g/mol. The lowest BCUT2D eigenvalue weighted by molar-refractivity contribution is 0.768. The zero-order valence-corrected chi connectivity index (χ0v) is 10.1. The molecular weight excluding hydrogens is 256 g/mol. The average Bonchev–Trinajstić information content (AvgIpc) is 2.59. The highest BCUT2D eigenvalue weighted by Crippen LogP contribution is 2.25. The number of aryl methyl sites for hydroxylation is 2. The molecule has 0 aliphatic rings. The second-order valence-electron chi connectivity index (χ2n) is 3.32. The smallest absolute Gasteiger partial charge is 0.145 e. The minimum atomic E-state index is 0.808. The standard InChI is InChI=1S/C10H11BrN4/c1-7-3-4-12-10(9(7)11)14-8-5-13-15(2)6-8/h3-6H,1-2H3,(H,12,14). The predicted molar refractivity (Wildman–Crippen MR) is 63.2 cm³/mol. The summed E-state index contributed by atoms with van der Waals surface area (Å²) in [7, 11) is 1.88. The summed E-state index contributed by atoms with van der Waals surface area (Å²) in [5.41, 5.74) is 2.08. The van der Waals surface area contributed by atoms with Gasteiger partial charge in [0.15, 0.2) is 0 Å². The number of nitrogens with one attached hydrogen (secondary N) is 1. The van der Waals surface area contributed by atoms with E-state index in [-0.39, 0.29) is 0 Å². The maximum Gasteiger partial charge on any atom is 0.145 e. The molecule has 0 saturated heterocycles. The van der Waals surface area contributed by atoms with Crippen LogP contribution >= 0.6 is 15.9 Å². The molecule has 2 heterocycles. The molecule has 0 radical (unpaired) electrons. The van der Waals surface area contributed by atoms with Gasteiger partial charge in [-0.05, 0) is 34.5 Å². The molecule has 0 fully saturated rings. The molecule has 0 aromatic carbocycles. The molecule has 0 aliphatic carbocycles. The van der Waals surface area contributed by atoms with Crippen LogP contribution in [0, 0.1) is 6.92 Å². The van der Waals surface area contributed by atoms with E-state index in [9.17, 15) is 0 Å². The Kier molecular flexibility index (Phi) is 2.73. The van der Waals surface area contributed by atoms with E-state index in [1.807, 2.05) is 26.2 Å². The van der Waals surface area contributed by atoms with Crippen LogP contribution in [0.5, 0.6) is 0 Å². The Morgan fingerprint density at radius 3 is 2.93 bits per heavy atom. The molecule has 2 rings (SSSR count). The summed E-state index contributed by atoms with van der Waals surface area (Å²) in [5, 5.41) is 7.27. The van der Waals surface area contributed by atoms with Crippen molar-refractivity contribution < 1.29 is 0 Å². The van der Waals surface area contributed by atoms with Crippen LogP contribution in [0.15, 0.2) is 29.1 Å². The lowest BCUT2D eigenvalue weighted by Crippen LogP contribution is -1.94. The van der Waals surface area contributed by atoms with E-state index in [1.165, 1.54) is 0 Å². The Morgan fingerprint density at radius 2 is 2.27 bits per heavy atom. The SMILES string of the molecule is Cc1ccnc(Nc2cnn(C)c2)c1Br. The molecule has 2 aromatic rings. The van der Waals surface area contributed by atoms with Crippen molar-refractivity contribution in [3.8, 4) is 0 Å². The quantitative estimate of drug-likeness (QED) is 0.909. The number of hydrogen-bond donors (Lipinski definition) is 1. The third-order valence-electron chi connectivity index (χ3n) is 2.05. The minimum absolute atomic E-state index is 0.808. The largest absolute Gasteiger partial charge is 0.337 e. The Balaban J connectivity index is 2.28. The van der Waals surface area contributed by atoms with Gasteiger partial charge < -0.3 is 5.32 Å². The van der Waals surface area contributed by atoms with E-state index >= 15 is 0 Å². The lowest BCUT2D eigenvalue weighted by atomic mass is 10.3. The summed E-state index contributed by atoms with van der Waals surface area (Å²) >= 11 is 3.49. The van der Waals surface area contributed by atoms with Gasteiger partial charge in [-0.2, -0.15) is 5.10 Å². The second kappa shape index (κ2) is 4.02. The highest BCUT2D eigenvalue weighted by Gasteiger charge is 2.04. The molecule has 0 spiro atoms. The van der Waals surface area contributed by atoms with Crippen molar-refractivity contribution >= 4 is 27.4 Å². The van der Waals surface area contributed by atoms with Crippen molar-refractivity contribution in [1.29, 1.82) is 0 Å². The zero-order chi connectivity index (χ0) is 10.8. The van der Waals surface area contributed by atoms with E-state index < -0.39 is 0 Å². The molecule has 5 heteroatoms. The molecule has 2 aromatic heterocycles. The van der Waals surface area contributed by atoms with Crippen LogP contribution in [0.3, 0.4) is 0 Å². The molecule has 0 bridgehead atoms. The van der Waals surface area contributed by atoms with Gasteiger partial charge in [-0.3, -0.25) is 4.68 Å². The highest BCUT2D eigenvalue weighted by molar-refractivity contribution is 9.10. The van der Waals surface area contributed by atoms with Crippen molar-refractivity contribution in [3.05, 3.63) is 34.7 Å². The Morgan fingerprint density at radius 1 is 1.47 bits per heavy atom. The summed E-state index contributed by atoms with van der Waals surface area (Å²) in [5.74, 6) is 0.808. The van der Waals surface area contributed by atoms with Crippen LogP contribution in [0.2, 0.25) is 0 Å². The fourth-order valence-electron chi connectivity index (χ4n) is 1.25. The summed E-state index contributed by atoms with van der Waals surface area (Å²) in [4.78, 5) is 4.25. The molecule has 1 N–H and O–H groups in total. The van der Waals surface area contributed by atoms with Crippen LogP contribution in [-0.4, -0.2) is 14.8 Å². The van der Waals surface area contributed by atoms with E-state index in [4.69, 9.17) is 0 Å². The van der Waals surface area contributed by atoms with Gasteiger partial charge in [-0.25, -0.2) is 4.98 Å². The van der Waals surface area contributed by atoms with Gasteiger partial charge in [-0.1, -0.05) is 0 Å². The second-order valence-corrected chi connectivity index (χ2v) is 4.11. The summed E-state index contributed by atoms with van der Waals surface area (Å²) in [6, 6.07) is 1.96. The third-order valence-corrected chi connectivity index (χ3v) is 3.05. The molecule has 0 aliphatic heterocycles. The first-order chi connectivity index (χ1) is 7.16. The fraction of sp³-hybridized carbons (Fsp3) is 0.200. The molecule has 78 valence electrons. The van der Waals surface area contributed by atoms with Crippen molar-refractivity contribution in [2.24, 2.45) is 7.05 Å². The van der Waals surface area contributed by atoms with Crippen LogP contribution in [0.25, 0.3) is 0 Å². The van der Waals surface area contributed by atoms with Crippen molar-refractivity contribution in [2.45, 2.75) is 6.92 Å². The molecule has 0 amide bonds. The lowest BCUT2D eigenvalue weighted by Gasteiger charge is -2.06. The Bertz CT molecular complexity index is 478. The molecule has 0 unspecified atom stereocenters. The zero-order valence-electron chi connectivity index (χ0n) is 8.53. The fourth-order valence-corrected chi connectivity index (χ4v) is 1.58. The van der Waals surface area contributed by atoms with Gasteiger partial charge >= 0.3 is 0 Å². The van der Waals surface area contributed by atoms with Gasteiger partial charge in [0.1, 0.15) is 5.82 Å². The number of pyridine rings is 1. The number of rotatable bonds is 2. The number of nitrogens with zero attached hydrogens (tertiary/aromatic N) is 3. The molecular formula is C10H11BrN4. The summed E-state index contributed by atoms with van der Waals surface area (Å²) < 4.78 is 2.72. The maximum absolute atomic E-state index is 4.25. The number of hydrogen-bond acceptors (Lipinski definition) is 3. The maximum atomic E-state index is 4.25. The van der Waals surface area contributed by atoms with Gasteiger partial charge in [0.2, 0.25) is 0 Å². The number of anilines is 2. The Hall–Kier alpha value is -1.36.